The van der Waals surface area contributed by atoms with Crippen molar-refractivity contribution in [2.75, 3.05) is 30.7 Å². The summed E-state index contributed by atoms with van der Waals surface area (Å²) >= 11 is 1.76. The molecule has 0 aliphatic carbocycles. The Bertz CT molecular complexity index is 1300. The Morgan fingerprint density at radius 1 is 1.22 bits per heavy atom. The van der Waals surface area contributed by atoms with Gasteiger partial charge in [-0.3, -0.25) is 14.6 Å². The van der Waals surface area contributed by atoms with E-state index < -0.39 is 11.8 Å². The fraction of sp³-hybridized carbons (Fsp3) is 0.423. The second-order valence-corrected chi connectivity index (χ2v) is 10.8. The first-order chi connectivity index (χ1) is 17.4. The van der Waals surface area contributed by atoms with Crippen molar-refractivity contribution >= 4 is 51.0 Å². The van der Waals surface area contributed by atoms with Crippen LogP contribution >= 0.6 is 11.3 Å². The third-order valence-electron chi connectivity index (χ3n) is 7.20. The molecule has 2 aromatic heterocycles. The fourth-order valence-corrected chi connectivity index (χ4v) is 6.26. The highest BCUT2D eigenvalue weighted by Crippen LogP contribution is 2.37. The molecule has 0 unspecified atom stereocenters. The van der Waals surface area contributed by atoms with E-state index in [-0.39, 0.29) is 17.4 Å². The molecule has 10 heteroatoms. The number of pyridine rings is 1. The van der Waals surface area contributed by atoms with E-state index in [0.29, 0.717) is 23.9 Å². The van der Waals surface area contributed by atoms with Gasteiger partial charge in [0.1, 0.15) is 0 Å². The van der Waals surface area contributed by atoms with Crippen molar-refractivity contribution in [2.24, 2.45) is 5.92 Å². The zero-order valence-electron chi connectivity index (χ0n) is 20.3. The molecule has 0 radical (unpaired) electrons. The molecule has 0 bridgehead atoms. The van der Waals surface area contributed by atoms with Crippen molar-refractivity contribution in [3.63, 3.8) is 0 Å². The fourth-order valence-electron chi connectivity index (χ4n) is 5.14. The third kappa shape index (κ3) is 4.83. The highest BCUT2D eigenvalue weighted by molar-refractivity contribution is 7.18. The van der Waals surface area contributed by atoms with E-state index >= 15 is 0 Å². The molecule has 0 spiro atoms. The molecule has 4 heterocycles. The first-order valence-electron chi connectivity index (χ1n) is 12.4. The van der Waals surface area contributed by atoms with Gasteiger partial charge in [-0.2, -0.15) is 0 Å². The smallest absolute Gasteiger partial charge is 0.314 e. The number of anilines is 2. The number of thiazole rings is 1. The van der Waals surface area contributed by atoms with Crippen LogP contribution in [0.3, 0.4) is 0 Å². The number of carbonyl (C=O) groups is 2. The predicted octanol–water partition coefficient (Wildman–Crippen LogP) is 3.68. The van der Waals surface area contributed by atoms with E-state index in [4.69, 9.17) is 16.1 Å². The highest BCUT2D eigenvalue weighted by atomic mass is 32.1. The molecular weight excluding hydrogens is 474 g/mol. The Hall–Kier alpha value is -3.37. The molecule has 2 aliphatic rings. The van der Waals surface area contributed by atoms with Crippen LogP contribution in [0, 0.1) is 11.3 Å². The third-order valence-corrected chi connectivity index (χ3v) is 8.39. The van der Waals surface area contributed by atoms with Gasteiger partial charge in [0.15, 0.2) is 0 Å². The molecule has 2 amide bonds. The van der Waals surface area contributed by atoms with E-state index in [1.54, 1.807) is 16.2 Å². The average Bonchev–Trinajstić information content (AvgIpc) is 3.33. The van der Waals surface area contributed by atoms with Crippen LogP contribution in [0.1, 0.15) is 60.7 Å². The van der Waals surface area contributed by atoms with Gasteiger partial charge in [0.25, 0.3) is 0 Å². The maximum Gasteiger partial charge on any atom is 0.314 e. The van der Waals surface area contributed by atoms with Crippen LogP contribution in [-0.4, -0.2) is 52.5 Å². The molecule has 3 aromatic rings. The lowest BCUT2D eigenvalue weighted by atomic mass is 9.89. The maximum absolute atomic E-state index is 13.4. The van der Waals surface area contributed by atoms with Gasteiger partial charge in [-0.05, 0) is 62.4 Å². The van der Waals surface area contributed by atoms with Gasteiger partial charge < -0.3 is 26.7 Å². The van der Waals surface area contributed by atoms with Crippen molar-refractivity contribution in [3.05, 3.63) is 46.7 Å². The summed E-state index contributed by atoms with van der Waals surface area (Å²) in [6.45, 7) is 4.65. The largest absolute Gasteiger partial charge is 0.396 e. The summed E-state index contributed by atoms with van der Waals surface area (Å²) in [6.07, 6.45) is 7.86. The van der Waals surface area contributed by atoms with Gasteiger partial charge in [-0.25, -0.2) is 4.98 Å². The van der Waals surface area contributed by atoms with Gasteiger partial charge in [-0.1, -0.05) is 13.0 Å². The van der Waals surface area contributed by atoms with E-state index in [1.165, 1.54) is 17.4 Å². The topological polar surface area (TPSA) is 137 Å². The number of nitrogens with one attached hydrogen (secondary N) is 3. The first-order valence-corrected chi connectivity index (χ1v) is 13.2. The first kappa shape index (κ1) is 24.3. The molecule has 36 heavy (non-hydrogen) atoms. The molecule has 1 aromatic carbocycles. The molecule has 2 saturated heterocycles. The number of amides is 2. The van der Waals surface area contributed by atoms with Gasteiger partial charge in [0, 0.05) is 30.4 Å². The second-order valence-electron chi connectivity index (χ2n) is 9.75. The number of hydrogen-bond acceptors (Lipinski definition) is 8. The summed E-state index contributed by atoms with van der Waals surface area (Å²) in [4.78, 5) is 37.0. The quantitative estimate of drug-likeness (QED) is 0.315. The van der Waals surface area contributed by atoms with Gasteiger partial charge in [0.05, 0.1) is 38.8 Å². The number of nitrogens with two attached hydrogens (primary N) is 1. The lowest BCUT2D eigenvalue weighted by molar-refractivity contribution is -0.146. The van der Waals surface area contributed by atoms with Crippen LogP contribution in [0.25, 0.3) is 10.2 Å². The van der Waals surface area contributed by atoms with Crippen LogP contribution < -0.4 is 16.4 Å². The van der Waals surface area contributed by atoms with E-state index in [1.807, 2.05) is 0 Å². The Labute approximate surface area is 214 Å². The molecule has 9 nitrogen and oxygen atoms in total. The van der Waals surface area contributed by atoms with Crippen LogP contribution in [0.4, 0.5) is 11.4 Å². The minimum absolute atomic E-state index is 0.198. The van der Waals surface area contributed by atoms with E-state index in [0.717, 1.165) is 60.8 Å². The second kappa shape index (κ2) is 10.3. The number of nitrogen functional groups attached to an aromatic ring is 1. The minimum atomic E-state index is -0.757. The monoisotopic (exact) mass is 505 g/mol. The van der Waals surface area contributed by atoms with E-state index in [2.05, 4.69) is 40.7 Å². The Kier molecular flexibility index (Phi) is 6.97. The minimum Gasteiger partial charge on any atom is -0.396 e. The van der Waals surface area contributed by atoms with E-state index in [9.17, 15) is 9.59 Å². The summed E-state index contributed by atoms with van der Waals surface area (Å²) in [5.74, 6) is -0.564. The number of rotatable bonds is 4. The molecule has 0 saturated carbocycles. The Morgan fingerprint density at radius 3 is 2.81 bits per heavy atom. The number of likely N-dealkylation sites (tertiary alicyclic amines) is 1. The number of hydrogen-bond donors (Lipinski definition) is 4. The lowest BCUT2D eigenvalue weighted by Crippen LogP contribution is -2.46. The summed E-state index contributed by atoms with van der Waals surface area (Å²) < 4.78 is 1.15. The van der Waals surface area contributed by atoms with Crippen molar-refractivity contribution in [3.8, 4) is 0 Å². The number of benzene rings is 1. The number of carbonyl (C=O) groups excluding carboxylic acids is 2. The van der Waals surface area contributed by atoms with Crippen molar-refractivity contribution in [2.45, 2.75) is 44.6 Å². The number of nitrogens with zero attached hydrogens (tertiary/aromatic N) is 3. The van der Waals surface area contributed by atoms with Crippen LogP contribution in [-0.2, 0) is 9.59 Å². The zero-order valence-corrected chi connectivity index (χ0v) is 21.1. The number of fused-ring (bicyclic) bond motifs is 1. The zero-order chi connectivity index (χ0) is 25.2. The summed E-state index contributed by atoms with van der Waals surface area (Å²) in [5, 5.41) is 14.6. The number of aromatic nitrogens is 2. The van der Waals surface area contributed by atoms with Gasteiger partial charge in [0.2, 0.25) is 0 Å². The Balaban J connectivity index is 1.38. The Morgan fingerprint density at radius 2 is 2.03 bits per heavy atom. The highest BCUT2D eigenvalue weighted by Gasteiger charge is 2.35. The van der Waals surface area contributed by atoms with Crippen LogP contribution in [0.15, 0.2) is 30.6 Å². The summed E-state index contributed by atoms with van der Waals surface area (Å²) in [6, 6.07) is 6.06. The molecule has 188 valence electrons. The maximum atomic E-state index is 13.4. The predicted molar refractivity (Wildman–Crippen MR) is 142 cm³/mol. The molecule has 2 fully saturated rings. The van der Waals surface area contributed by atoms with Crippen LogP contribution in [0.5, 0.6) is 0 Å². The lowest BCUT2D eigenvalue weighted by Gasteiger charge is -2.38. The number of piperidine rings is 2. The standard InChI is InChI=1S/C26H31N7O2S/c1-15-2-4-21(17-3-5-22-19(10-17)32-25(36-22)16-6-8-29-9-7-16)33(14-15)26(35)24(34)31-20-13-30-12-18(11-27)23(20)28/h3,5,10-13,15-16,21,27,29H,2,4,6-9,14H2,1H3,(H2,28,30)(H,31,34)/t15-,21+/m0/s1. The molecule has 2 atom stereocenters. The van der Waals surface area contributed by atoms with Gasteiger partial charge in [-0.15, -0.1) is 11.3 Å². The van der Waals surface area contributed by atoms with Crippen molar-refractivity contribution in [1.82, 2.24) is 20.2 Å². The SMILES string of the molecule is C[C@H]1CC[C@H](c2ccc3sc(C4CCNCC4)nc3c2)N(C(=O)C(=O)Nc2cncc(C=N)c2N)C1. The summed E-state index contributed by atoms with van der Waals surface area (Å²) in [7, 11) is 0. The molecular formula is C26H31N7O2S. The summed E-state index contributed by atoms with van der Waals surface area (Å²) in [5.41, 5.74) is 8.81. The van der Waals surface area contributed by atoms with Gasteiger partial charge >= 0.3 is 11.8 Å². The normalized spacial score (nSPS) is 20.9. The average molecular weight is 506 g/mol. The van der Waals surface area contributed by atoms with Crippen molar-refractivity contribution < 1.29 is 9.59 Å². The molecule has 2 aliphatic heterocycles. The van der Waals surface area contributed by atoms with Crippen LogP contribution in [0.2, 0.25) is 0 Å². The molecule has 5 N–H and O–H groups in total. The molecule has 5 rings (SSSR count). The van der Waals surface area contributed by atoms with Crippen molar-refractivity contribution in [1.29, 1.82) is 5.41 Å².